The first-order chi connectivity index (χ1) is 14.5. The van der Waals surface area contributed by atoms with Crippen LogP contribution in [0.1, 0.15) is 37.6 Å². The third-order valence-electron chi connectivity index (χ3n) is 5.93. The molecule has 0 aliphatic carbocycles. The fraction of sp³-hybridized carbons (Fsp3) is 0.375. The Hall–Kier alpha value is -3.15. The van der Waals surface area contributed by atoms with Gasteiger partial charge in [-0.05, 0) is 45.0 Å². The van der Waals surface area contributed by atoms with Crippen LogP contribution in [0.2, 0.25) is 0 Å². The van der Waals surface area contributed by atoms with Crippen LogP contribution in [0, 0.1) is 6.92 Å². The fourth-order valence-electron chi connectivity index (χ4n) is 4.24. The molecule has 0 bridgehead atoms. The third kappa shape index (κ3) is 3.70. The number of rotatable bonds is 6. The molecule has 1 aliphatic rings. The van der Waals surface area contributed by atoms with Crippen LogP contribution in [0.25, 0.3) is 11.0 Å². The lowest BCUT2D eigenvalue weighted by atomic mass is 10.1. The quantitative estimate of drug-likeness (QED) is 0.629. The SMILES string of the molecule is CCN(CC)C(=O)Cn1c([C@@H]2CC(=O)N(c3ccc(C)cc3)C2)nc2ccccc21. The zero-order chi connectivity index (χ0) is 21.3. The Kier molecular flexibility index (Phi) is 5.57. The molecule has 1 aliphatic heterocycles. The van der Waals surface area contributed by atoms with Gasteiger partial charge in [0.25, 0.3) is 0 Å². The van der Waals surface area contributed by atoms with Crippen molar-refractivity contribution in [2.24, 2.45) is 0 Å². The highest BCUT2D eigenvalue weighted by atomic mass is 16.2. The van der Waals surface area contributed by atoms with E-state index in [0.29, 0.717) is 26.1 Å². The summed E-state index contributed by atoms with van der Waals surface area (Å²) in [4.78, 5) is 34.2. The summed E-state index contributed by atoms with van der Waals surface area (Å²) in [7, 11) is 0. The molecule has 2 heterocycles. The zero-order valence-corrected chi connectivity index (χ0v) is 17.8. The molecule has 1 atom stereocenters. The van der Waals surface area contributed by atoms with E-state index in [-0.39, 0.29) is 24.3 Å². The molecular weight excluding hydrogens is 376 g/mol. The second-order valence-corrected chi connectivity index (χ2v) is 7.85. The van der Waals surface area contributed by atoms with Gasteiger partial charge in [0.1, 0.15) is 12.4 Å². The molecule has 156 valence electrons. The number of para-hydroxylation sites is 2. The predicted octanol–water partition coefficient (Wildman–Crippen LogP) is 3.73. The van der Waals surface area contributed by atoms with Crippen LogP contribution < -0.4 is 4.90 Å². The van der Waals surface area contributed by atoms with Crippen LogP contribution >= 0.6 is 0 Å². The largest absolute Gasteiger partial charge is 0.342 e. The highest BCUT2D eigenvalue weighted by molar-refractivity contribution is 5.96. The summed E-state index contributed by atoms with van der Waals surface area (Å²) in [5, 5.41) is 0. The topological polar surface area (TPSA) is 58.4 Å². The van der Waals surface area contributed by atoms with Crippen LogP contribution in [-0.2, 0) is 16.1 Å². The van der Waals surface area contributed by atoms with Gasteiger partial charge >= 0.3 is 0 Å². The molecule has 0 unspecified atom stereocenters. The monoisotopic (exact) mass is 404 g/mol. The molecule has 2 amide bonds. The number of fused-ring (bicyclic) bond motifs is 1. The van der Waals surface area contributed by atoms with E-state index in [2.05, 4.69) is 0 Å². The maximum absolute atomic E-state index is 12.9. The van der Waals surface area contributed by atoms with Gasteiger partial charge in [-0.2, -0.15) is 0 Å². The lowest BCUT2D eigenvalue weighted by Gasteiger charge is -2.21. The Morgan fingerprint density at radius 1 is 1.10 bits per heavy atom. The minimum atomic E-state index is -0.0456. The van der Waals surface area contributed by atoms with E-state index in [9.17, 15) is 9.59 Å². The number of nitrogens with zero attached hydrogens (tertiary/aromatic N) is 4. The standard InChI is InChI=1S/C24H28N4O2/c1-4-26(5-2)23(30)16-28-21-9-7-6-8-20(21)25-24(28)18-14-22(29)27(15-18)19-12-10-17(3)11-13-19/h6-13,18H,4-5,14-16H2,1-3H3/t18-/m1/s1. The van der Waals surface area contributed by atoms with Crippen molar-refractivity contribution in [3.63, 3.8) is 0 Å². The Balaban J connectivity index is 1.68. The molecule has 6 heteroatoms. The summed E-state index contributed by atoms with van der Waals surface area (Å²) in [6, 6.07) is 15.9. The van der Waals surface area contributed by atoms with Gasteiger partial charge in [-0.1, -0.05) is 29.8 Å². The van der Waals surface area contributed by atoms with Crippen molar-refractivity contribution >= 4 is 28.5 Å². The molecule has 6 nitrogen and oxygen atoms in total. The first-order valence-corrected chi connectivity index (χ1v) is 10.6. The van der Waals surface area contributed by atoms with Gasteiger partial charge in [-0.15, -0.1) is 0 Å². The average Bonchev–Trinajstić information content (AvgIpc) is 3.30. The van der Waals surface area contributed by atoms with Gasteiger partial charge in [-0.25, -0.2) is 4.98 Å². The highest BCUT2D eigenvalue weighted by Gasteiger charge is 2.35. The lowest BCUT2D eigenvalue weighted by Crippen LogP contribution is -2.34. The first-order valence-electron chi connectivity index (χ1n) is 10.6. The summed E-state index contributed by atoms with van der Waals surface area (Å²) >= 11 is 0. The molecule has 0 N–H and O–H groups in total. The molecule has 1 fully saturated rings. The molecule has 3 aromatic rings. The van der Waals surface area contributed by atoms with Crippen LogP contribution in [0.3, 0.4) is 0 Å². The van der Waals surface area contributed by atoms with Gasteiger partial charge in [0, 0.05) is 37.7 Å². The molecule has 0 spiro atoms. The predicted molar refractivity (Wildman–Crippen MR) is 119 cm³/mol. The number of imidazole rings is 1. The van der Waals surface area contributed by atoms with E-state index in [1.54, 1.807) is 0 Å². The van der Waals surface area contributed by atoms with Gasteiger partial charge in [0.15, 0.2) is 0 Å². The number of carbonyl (C=O) groups excluding carboxylic acids is 2. The summed E-state index contributed by atoms with van der Waals surface area (Å²) in [5.74, 6) is 0.942. The summed E-state index contributed by atoms with van der Waals surface area (Å²) in [6.45, 7) is 8.19. The van der Waals surface area contributed by atoms with Gasteiger partial charge in [-0.3, -0.25) is 9.59 Å². The number of amides is 2. The summed E-state index contributed by atoms with van der Waals surface area (Å²) in [6.07, 6.45) is 0.399. The number of likely N-dealkylation sites (N-methyl/N-ethyl adjacent to an activating group) is 1. The Labute approximate surface area is 177 Å². The summed E-state index contributed by atoms with van der Waals surface area (Å²) in [5.41, 5.74) is 3.88. The van der Waals surface area contributed by atoms with Crippen LogP contribution in [0.15, 0.2) is 48.5 Å². The molecule has 1 saturated heterocycles. The zero-order valence-electron chi connectivity index (χ0n) is 17.8. The molecule has 30 heavy (non-hydrogen) atoms. The second kappa shape index (κ2) is 8.30. The van der Waals surface area contributed by atoms with E-state index in [1.807, 2.05) is 83.7 Å². The molecular formula is C24H28N4O2. The number of benzene rings is 2. The van der Waals surface area contributed by atoms with E-state index in [4.69, 9.17) is 4.98 Å². The molecule has 2 aromatic carbocycles. The van der Waals surface area contributed by atoms with Crippen molar-refractivity contribution < 1.29 is 9.59 Å². The maximum atomic E-state index is 12.9. The van der Waals surface area contributed by atoms with Crippen molar-refractivity contribution in [1.82, 2.24) is 14.5 Å². The van der Waals surface area contributed by atoms with E-state index in [1.165, 1.54) is 5.56 Å². The van der Waals surface area contributed by atoms with Crippen molar-refractivity contribution in [2.45, 2.75) is 39.7 Å². The van der Waals surface area contributed by atoms with Crippen LogP contribution in [0.4, 0.5) is 5.69 Å². The number of aryl methyl sites for hydroxylation is 1. The van der Waals surface area contributed by atoms with E-state index < -0.39 is 0 Å². The minimum Gasteiger partial charge on any atom is -0.342 e. The first kappa shape index (κ1) is 20.1. The highest BCUT2D eigenvalue weighted by Crippen LogP contribution is 2.33. The number of hydrogen-bond donors (Lipinski definition) is 0. The Morgan fingerprint density at radius 3 is 2.50 bits per heavy atom. The van der Waals surface area contributed by atoms with Crippen molar-refractivity contribution in [2.75, 3.05) is 24.5 Å². The Morgan fingerprint density at radius 2 is 1.80 bits per heavy atom. The normalized spacial score (nSPS) is 16.4. The van der Waals surface area contributed by atoms with Gasteiger partial charge in [0.2, 0.25) is 11.8 Å². The maximum Gasteiger partial charge on any atom is 0.242 e. The molecule has 0 saturated carbocycles. The number of carbonyl (C=O) groups is 2. The third-order valence-corrected chi connectivity index (χ3v) is 5.93. The van der Waals surface area contributed by atoms with Crippen molar-refractivity contribution in [1.29, 1.82) is 0 Å². The molecule has 0 radical (unpaired) electrons. The van der Waals surface area contributed by atoms with Crippen LogP contribution in [0.5, 0.6) is 0 Å². The Bertz CT molecular complexity index is 1070. The minimum absolute atomic E-state index is 0.0456. The number of anilines is 1. The smallest absolute Gasteiger partial charge is 0.242 e. The van der Waals surface area contributed by atoms with E-state index in [0.717, 1.165) is 22.5 Å². The van der Waals surface area contributed by atoms with Crippen molar-refractivity contribution in [3.8, 4) is 0 Å². The average molecular weight is 405 g/mol. The van der Waals surface area contributed by atoms with Crippen molar-refractivity contribution in [3.05, 3.63) is 59.9 Å². The van der Waals surface area contributed by atoms with E-state index >= 15 is 0 Å². The van der Waals surface area contributed by atoms with Gasteiger partial charge < -0.3 is 14.4 Å². The fourth-order valence-corrected chi connectivity index (χ4v) is 4.24. The lowest BCUT2D eigenvalue weighted by molar-refractivity contribution is -0.131. The molecule has 4 rings (SSSR count). The van der Waals surface area contributed by atoms with Gasteiger partial charge in [0.05, 0.1) is 11.0 Å². The summed E-state index contributed by atoms with van der Waals surface area (Å²) < 4.78 is 2.01. The second-order valence-electron chi connectivity index (χ2n) is 7.85. The number of aromatic nitrogens is 2. The number of hydrogen-bond acceptors (Lipinski definition) is 3. The van der Waals surface area contributed by atoms with Crippen LogP contribution in [-0.4, -0.2) is 45.9 Å². The molecule has 1 aromatic heterocycles.